The van der Waals surface area contributed by atoms with E-state index >= 15 is 0 Å². The lowest BCUT2D eigenvalue weighted by molar-refractivity contribution is -0.138. The largest absolute Gasteiger partial charge is 0.416 e. The number of amides is 3. The van der Waals surface area contributed by atoms with E-state index in [1.165, 1.54) is 49.2 Å². The summed E-state index contributed by atoms with van der Waals surface area (Å²) in [6, 6.07) is 15.0. The van der Waals surface area contributed by atoms with Crippen LogP contribution >= 0.6 is 0 Å². The van der Waals surface area contributed by atoms with Crippen LogP contribution in [0.5, 0.6) is 0 Å². The number of rotatable bonds is 3. The van der Waals surface area contributed by atoms with Gasteiger partial charge in [-0.3, -0.25) is 4.79 Å². The number of halogens is 4. The molecule has 3 aromatic carbocycles. The first kappa shape index (κ1) is 23.9. The molecule has 0 radical (unpaired) electrons. The SMILES string of the molecule is Cc1ccc(NC(=O)NC2N=C(c3ccccc3F)c3ccccc3N(C)C2=O)cc1C(F)(F)F. The van der Waals surface area contributed by atoms with Crippen molar-refractivity contribution in [3.63, 3.8) is 0 Å². The van der Waals surface area contributed by atoms with Gasteiger partial charge in [0.2, 0.25) is 6.17 Å². The number of alkyl halides is 3. The van der Waals surface area contributed by atoms with Gasteiger partial charge in [0, 0.05) is 23.9 Å². The Morgan fingerprint density at radius 1 is 1.00 bits per heavy atom. The lowest BCUT2D eigenvalue weighted by atomic mass is 10.00. The summed E-state index contributed by atoms with van der Waals surface area (Å²) in [5, 5.41) is 4.69. The maximum Gasteiger partial charge on any atom is 0.416 e. The Bertz CT molecular complexity index is 1340. The molecule has 35 heavy (non-hydrogen) atoms. The predicted molar refractivity (Wildman–Crippen MR) is 124 cm³/mol. The van der Waals surface area contributed by atoms with Crippen LogP contribution in [-0.2, 0) is 11.0 Å². The maximum absolute atomic E-state index is 14.7. The third-order valence-corrected chi connectivity index (χ3v) is 5.54. The van der Waals surface area contributed by atoms with Crippen LogP contribution in [-0.4, -0.2) is 30.9 Å². The second-order valence-electron chi connectivity index (χ2n) is 7.90. The van der Waals surface area contributed by atoms with Crippen molar-refractivity contribution in [3.8, 4) is 0 Å². The Morgan fingerprint density at radius 3 is 2.34 bits per heavy atom. The first-order valence-corrected chi connectivity index (χ1v) is 10.5. The highest BCUT2D eigenvalue weighted by Crippen LogP contribution is 2.33. The number of fused-ring (bicyclic) bond motifs is 1. The molecule has 1 unspecified atom stereocenters. The van der Waals surface area contributed by atoms with Gasteiger partial charge >= 0.3 is 12.2 Å². The Balaban J connectivity index is 1.68. The number of benzene rings is 3. The van der Waals surface area contributed by atoms with Crippen molar-refractivity contribution in [1.82, 2.24) is 5.32 Å². The van der Waals surface area contributed by atoms with Crippen molar-refractivity contribution >= 4 is 29.0 Å². The summed E-state index contributed by atoms with van der Waals surface area (Å²) in [6.07, 6.45) is -6.06. The van der Waals surface area contributed by atoms with Crippen molar-refractivity contribution in [2.75, 3.05) is 17.3 Å². The van der Waals surface area contributed by atoms with Gasteiger partial charge in [0.1, 0.15) is 5.82 Å². The molecule has 0 fully saturated rings. The van der Waals surface area contributed by atoms with E-state index in [-0.39, 0.29) is 22.5 Å². The topological polar surface area (TPSA) is 73.8 Å². The number of carbonyl (C=O) groups is 2. The highest BCUT2D eigenvalue weighted by molar-refractivity contribution is 6.20. The molecule has 6 nitrogen and oxygen atoms in total. The number of nitrogens with one attached hydrogen (secondary N) is 2. The zero-order valence-electron chi connectivity index (χ0n) is 18.7. The number of likely N-dealkylation sites (N-methyl/N-ethyl adjacent to an activating group) is 1. The van der Waals surface area contributed by atoms with Crippen LogP contribution in [0.4, 0.5) is 33.7 Å². The van der Waals surface area contributed by atoms with E-state index in [9.17, 15) is 27.2 Å². The molecule has 1 heterocycles. The van der Waals surface area contributed by atoms with E-state index < -0.39 is 35.7 Å². The first-order valence-electron chi connectivity index (χ1n) is 10.5. The Morgan fingerprint density at radius 2 is 1.66 bits per heavy atom. The number of anilines is 2. The molecule has 4 rings (SSSR count). The summed E-state index contributed by atoms with van der Waals surface area (Å²) in [5.41, 5.74) is 0.206. The minimum Gasteiger partial charge on any atom is -0.311 e. The molecule has 0 spiro atoms. The second-order valence-corrected chi connectivity index (χ2v) is 7.90. The van der Waals surface area contributed by atoms with Crippen LogP contribution in [0.25, 0.3) is 0 Å². The van der Waals surface area contributed by atoms with E-state index in [1.54, 1.807) is 30.3 Å². The fourth-order valence-corrected chi connectivity index (χ4v) is 3.78. The van der Waals surface area contributed by atoms with Gasteiger partial charge in [-0.1, -0.05) is 36.4 Å². The van der Waals surface area contributed by atoms with Crippen LogP contribution in [0.2, 0.25) is 0 Å². The summed E-state index contributed by atoms with van der Waals surface area (Å²) < 4.78 is 54.3. The molecular formula is C25H20F4N4O2. The summed E-state index contributed by atoms with van der Waals surface area (Å²) in [5.74, 6) is -1.18. The van der Waals surface area contributed by atoms with Crippen molar-refractivity contribution < 1.29 is 27.2 Å². The average molecular weight is 484 g/mol. The van der Waals surface area contributed by atoms with Gasteiger partial charge in [0.25, 0.3) is 5.91 Å². The Labute approximate surface area is 198 Å². The quantitative estimate of drug-likeness (QED) is 0.507. The van der Waals surface area contributed by atoms with E-state index in [1.807, 2.05) is 0 Å². The number of para-hydroxylation sites is 1. The Kier molecular flexibility index (Phi) is 6.29. The fourth-order valence-electron chi connectivity index (χ4n) is 3.78. The lowest BCUT2D eigenvalue weighted by Gasteiger charge is -2.21. The molecule has 2 N–H and O–H groups in total. The molecule has 0 saturated carbocycles. The average Bonchev–Trinajstić information content (AvgIpc) is 2.91. The summed E-state index contributed by atoms with van der Waals surface area (Å²) >= 11 is 0. The van der Waals surface area contributed by atoms with Crippen molar-refractivity contribution in [2.45, 2.75) is 19.3 Å². The molecule has 0 aromatic heterocycles. The molecule has 1 atom stereocenters. The third kappa shape index (κ3) is 4.86. The molecule has 0 saturated heterocycles. The number of nitrogens with zero attached hydrogens (tertiary/aromatic N) is 2. The summed E-state index contributed by atoms with van der Waals surface area (Å²) in [4.78, 5) is 31.4. The molecule has 1 aliphatic heterocycles. The van der Waals surface area contributed by atoms with Gasteiger partial charge in [-0.15, -0.1) is 0 Å². The number of urea groups is 1. The molecule has 0 bridgehead atoms. The monoisotopic (exact) mass is 484 g/mol. The molecule has 180 valence electrons. The van der Waals surface area contributed by atoms with Gasteiger partial charge in [-0.2, -0.15) is 13.2 Å². The highest BCUT2D eigenvalue weighted by Gasteiger charge is 2.34. The van der Waals surface area contributed by atoms with Gasteiger partial charge in [0.05, 0.1) is 17.0 Å². The third-order valence-electron chi connectivity index (χ3n) is 5.54. The number of aliphatic imine (C=N–C) groups is 1. The van der Waals surface area contributed by atoms with Crippen LogP contribution in [0.3, 0.4) is 0 Å². The van der Waals surface area contributed by atoms with Crippen LogP contribution in [0.15, 0.2) is 71.7 Å². The fraction of sp³-hybridized carbons (Fsp3) is 0.160. The van der Waals surface area contributed by atoms with Crippen LogP contribution in [0.1, 0.15) is 22.3 Å². The maximum atomic E-state index is 14.7. The van der Waals surface area contributed by atoms with E-state index in [2.05, 4.69) is 15.6 Å². The molecule has 3 aromatic rings. The summed E-state index contributed by atoms with van der Waals surface area (Å²) in [6.45, 7) is 1.31. The van der Waals surface area contributed by atoms with Crippen LogP contribution < -0.4 is 15.5 Å². The van der Waals surface area contributed by atoms with Crippen molar-refractivity contribution in [2.24, 2.45) is 4.99 Å². The van der Waals surface area contributed by atoms with Gasteiger partial charge in [-0.05, 0) is 42.8 Å². The number of hydrogen-bond acceptors (Lipinski definition) is 3. The standard InChI is InChI=1S/C25H20F4N4O2/c1-14-11-12-15(13-18(14)25(27,28)29)30-24(35)32-22-23(34)33(2)20-10-6-4-8-17(20)21(31-22)16-7-3-5-9-19(16)26/h3-13,22H,1-2H3,(H2,30,32,35). The molecular weight excluding hydrogens is 464 g/mol. The normalized spacial score (nSPS) is 15.7. The Hall–Kier alpha value is -4.21. The van der Waals surface area contributed by atoms with E-state index in [0.29, 0.717) is 11.3 Å². The molecule has 0 aliphatic carbocycles. The zero-order chi connectivity index (χ0) is 25.3. The number of benzodiazepines with no additional fused rings is 1. The zero-order valence-corrected chi connectivity index (χ0v) is 18.7. The van der Waals surface area contributed by atoms with Gasteiger partial charge in [0.15, 0.2) is 0 Å². The lowest BCUT2D eigenvalue weighted by Crippen LogP contribution is -2.47. The number of hydrogen-bond donors (Lipinski definition) is 2. The van der Waals surface area contributed by atoms with E-state index in [4.69, 9.17) is 0 Å². The predicted octanol–water partition coefficient (Wildman–Crippen LogP) is 5.11. The smallest absolute Gasteiger partial charge is 0.311 e. The minimum atomic E-state index is -4.59. The molecule has 1 aliphatic rings. The van der Waals surface area contributed by atoms with E-state index in [0.717, 1.165) is 6.07 Å². The molecule has 10 heteroatoms. The van der Waals surface area contributed by atoms with Gasteiger partial charge < -0.3 is 15.5 Å². The highest BCUT2D eigenvalue weighted by atomic mass is 19.4. The summed E-state index contributed by atoms with van der Waals surface area (Å²) in [7, 11) is 1.49. The van der Waals surface area contributed by atoms with Gasteiger partial charge in [-0.25, -0.2) is 14.2 Å². The molecule has 3 amide bonds. The van der Waals surface area contributed by atoms with Crippen molar-refractivity contribution in [3.05, 3.63) is 94.8 Å². The minimum absolute atomic E-state index is 0.000854. The van der Waals surface area contributed by atoms with Crippen molar-refractivity contribution in [1.29, 1.82) is 0 Å². The number of aryl methyl sites for hydroxylation is 1. The second kappa shape index (κ2) is 9.21. The number of carbonyl (C=O) groups excluding carboxylic acids is 2. The first-order chi connectivity index (χ1) is 16.6. The van der Waals surface area contributed by atoms with Crippen LogP contribution in [0, 0.1) is 12.7 Å².